The molecule has 0 aliphatic heterocycles. The van der Waals surface area contributed by atoms with Crippen LogP contribution in [-0.2, 0) is 28.6 Å². The molecule has 0 heterocycles. The Morgan fingerprint density at radius 3 is 2.38 bits per heavy atom. The van der Waals surface area contributed by atoms with E-state index in [2.05, 4.69) is 20.1 Å². The molecule has 0 radical (unpaired) electrons. The van der Waals surface area contributed by atoms with Crippen LogP contribution in [0.5, 0.6) is 0 Å². The number of hydrogen-bond donors (Lipinski definition) is 2. The number of rotatable bonds is 7. The van der Waals surface area contributed by atoms with Gasteiger partial charge in [0, 0.05) is 18.5 Å². The number of ether oxygens (including phenoxy) is 3. The van der Waals surface area contributed by atoms with Crippen LogP contribution in [-0.4, -0.2) is 45.8 Å². The molecule has 130 valence electrons. The maximum Gasteiger partial charge on any atom is 0.354 e. The molecule has 0 unspecified atom stereocenters. The number of hydrogen-bond acceptors (Lipinski definition) is 7. The van der Waals surface area contributed by atoms with Crippen LogP contribution in [0.2, 0.25) is 0 Å². The summed E-state index contributed by atoms with van der Waals surface area (Å²) in [6.45, 7) is 1.72. The zero-order chi connectivity index (χ0) is 18.1. The SMILES string of the molecule is COCC(=O)Nc1ccc(C)c(N/C(=C/C(=O)OC)C(=O)OC)c1. The second-order valence-corrected chi connectivity index (χ2v) is 4.71. The lowest BCUT2D eigenvalue weighted by Crippen LogP contribution is -2.18. The van der Waals surface area contributed by atoms with Gasteiger partial charge in [0.1, 0.15) is 12.3 Å². The maximum absolute atomic E-state index is 11.8. The van der Waals surface area contributed by atoms with Gasteiger partial charge in [-0.3, -0.25) is 4.79 Å². The third-order valence-corrected chi connectivity index (χ3v) is 2.93. The molecule has 0 atom stereocenters. The first-order valence-corrected chi connectivity index (χ1v) is 6.95. The molecular weight excluding hydrogens is 316 g/mol. The Hall–Kier alpha value is -2.87. The minimum absolute atomic E-state index is 0.0771. The van der Waals surface area contributed by atoms with Gasteiger partial charge in [-0.2, -0.15) is 0 Å². The van der Waals surface area contributed by atoms with Gasteiger partial charge in [-0.05, 0) is 24.6 Å². The molecule has 8 heteroatoms. The lowest BCUT2D eigenvalue weighted by molar-refractivity contribution is -0.138. The van der Waals surface area contributed by atoms with Gasteiger partial charge in [-0.25, -0.2) is 9.59 Å². The van der Waals surface area contributed by atoms with Gasteiger partial charge in [-0.15, -0.1) is 0 Å². The highest BCUT2D eigenvalue weighted by Gasteiger charge is 2.14. The van der Waals surface area contributed by atoms with E-state index in [4.69, 9.17) is 4.74 Å². The van der Waals surface area contributed by atoms with Crippen molar-refractivity contribution in [2.45, 2.75) is 6.92 Å². The Balaban J connectivity index is 3.06. The molecule has 0 aliphatic carbocycles. The number of carbonyl (C=O) groups is 3. The summed E-state index contributed by atoms with van der Waals surface area (Å²) in [6, 6.07) is 5.07. The molecule has 8 nitrogen and oxygen atoms in total. The monoisotopic (exact) mass is 336 g/mol. The average Bonchev–Trinajstić information content (AvgIpc) is 2.56. The van der Waals surface area contributed by atoms with E-state index in [0.29, 0.717) is 11.4 Å². The predicted molar refractivity (Wildman–Crippen MR) is 87.4 cm³/mol. The zero-order valence-corrected chi connectivity index (χ0v) is 14.0. The fraction of sp³-hybridized carbons (Fsp3) is 0.312. The summed E-state index contributed by atoms with van der Waals surface area (Å²) in [5.74, 6) is -1.75. The van der Waals surface area contributed by atoms with Crippen LogP contribution >= 0.6 is 0 Å². The highest BCUT2D eigenvalue weighted by atomic mass is 16.5. The van der Waals surface area contributed by atoms with E-state index >= 15 is 0 Å². The smallest absolute Gasteiger partial charge is 0.354 e. The number of nitrogens with one attached hydrogen (secondary N) is 2. The maximum atomic E-state index is 11.8. The first kappa shape index (κ1) is 19.2. The lowest BCUT2D eigenvalue weighted by Gasteiger charge is -2.13. The molecule has 0 aromatic heterocycles. The van der Waals surface area contributed by atoms with Crippen LogP contribution in [0.15, 0.2) is 30.0 Å². The van der Waals surface area contributed by atoms with Crippen LogP contribution in [0.3, 0.4) is 0 Å². The van der Waals surface area contributed by atoms with Crippen molar-refractivity contribution in [3.63, 3.8) is 0 Å². The van der Waals surface area contributed by atoms with Gasteiger partial charge in [0.15, 0.2) is 0 Å². The van der Waals surface area contributed by atoms with E-state index < -0.39 is 11.9 Å². The van der Waals surface area contributed by atoms with Crippen LogP contribution in [0.25, 0.3) is 0 Å². The highest BCUT2D eigenvalue weighted by molar-refractivity contribution is 5.99. The number of esters is 2. The van der Waals surface area contributed by atoms with Crippen molar-refractivity contribution in [3.8, 4) is 0 Å². The minimum atomic E-state index is -0.728. The van der Waals surface area contributed by atoms with E-state index in [-0.39, 0.29) is 18.2 Å². The fourth-order valence-electron chi connectivity index (χ4n) is 1.74. The summed E-state index contributed by atoms with van der Waals surface area (Å²) in [5, 5.41) is 5.46. The minimum Gasteiger partial charge on any atom is -0.466 e. The number of anilines is 2. The highest BCUT2D eigenvalue weighted by Crippen LogP contribution is 2.22. The van der Waals surface area contributed by atoms with Gasteiger partial charge in [0.25, 0.3) is 0 Å². The van der Waals surface area contributed by atoms with Gasteiger partial charge in [0.2, 0.25) is 5.91 Å². The standard InChI is InChI=1S/C16H20N2O6/c1-10-5-6-11(17-14(19)9-22-2)7-12(10)18-13(16(21)24-4)8-15(20)23-3/h5-8,18H,9H2,1-4H3,(H,17,19)/b13-8+. The second kappa shape index (κ2) is 9.31. The molecular formula is C16H20N2O6. The zero-order valence-electron chi connectivity index (χ0n) is 14.0. The molecule has 0 saturated carbocycles. The van der Waals surface area contributed by atoms with E-state index in [1.807, 2.05) is 0 Å². The van der Waals surface area contributed by atoms with Crippen molar-refractivity contribution in [3.05, 3.63) is 35.5 Å². The molecule has 1 rings (SSSR count). The summed E-state index contributed by atoms with van der Waals surface area (Å²) >= 11 is 0. The van der Waals surface area contributed by atoms with Gasteiger partial charge >= 0.3 is 11.9 Å². The third kappa shape index (κ3) is 5.73. The van der Waals surface area contributed by atoms with Crippen molar-refractivity contribution in [1.29, 1.82) is 0 Å². The molecule has 0 bridgehead atoms. The molecule has 0 spiro atoms. The molecule has 1 aromatic carbocycles. The first-order chi connectivity index (χ1) is 11.4. The molecule has 1 amide bonds. The lowest BCUT2D eigenvalue weighted by atomic mass is 10.1. The number of carbonyl (C=O) groups excluding carboxylic acids is 3. The number of amides is 1. The third-order valence-electron chi connectivity index (χ3n) is 2.93. The summed E-state index contributed by atoms with van der Waals surface area (Å²) in [6.07, 6.45) is 0.988. The van der Waals surface area contributed by atoms with Crippen molar-refractivity contribution >= 4 is 29.2 Å². The first-order valence-electron chi connectivity index (χ1n) is 6.95. The van der Waals surface area contributed by atoms with Gasteiger partial charge < -0.3 is 24.8 Å². The number of methoxy groups -OCH3 is 3. The van der Waals surface area contributed by atoms with Crippen LogP contribution in [0.4, 0.5) is 11.4 Å². The number of aryl methyl sites for hydroxylation is 1. The van der Waals surface area contributed by atoms with Crippen molar-refractivity contribution in [2.75, 3.05) is 38.6 Å². The normalized spacial score (nSPS) is 10.8. The Bertz CT molecular complexity index is 654. The Kier molecular flexibility index (Phi) is 7.44. The van der Waals surface area contributed by atoms with Crippen molar-refractivity contribution < 1.29 is 28.6 Å². The summed E-state index contributed by atoms with van der Waals surface area (Å²) in [4.78, 5) is 34.7. The largest absolute Gasteiger partial charge is 0.466 e. The fourth-order valence-corrected chi connectivity index (χ4v) is 1.74. The summed E-state index contributed by atoms with van der Waals surface area (Å²) in [7, 11) is 3.82. The molecule has 0 fully saturated rings. The van der Waals surface area contributed by atoms with E-state index in [0.717, 1.165) is 11.6 Å². The van der Waals surface area contributed by atoms with E-state index in [9.17, 15) is 14.4 Å². The molecule has 0 saturated heterocycles. The van der Waals surface area contributed by atoms with Crippen LogP contribution in [0.1, 0.15) is 5.56 Å². The van der Waals surface area contributed by atoms with E-state index in [1.54, 1.807) is 25.1 Å². The topological polar surface area (TPSA) is 103 Å². The van der Waals surface area contributed by atoms with Crippen LogP contribution < -0.4 is 10.6 Å². The number of benzene rings is 1. The predicted octanol–water partition coefficient (Wildman–Crippen LogP) is 1.22. The second-order valence-electron chi connectivity index (χ2n) is 4.71. The van der Waals surface area contributed by atoms with Crippen molar-refractivity contribution in [1.82, 2.24) is 0 Å². The van der Waals surface area contributed by atoms with E-state index in [1.165, 1.54) is 21.3 Å². The van der Waals surface area contributed by atoms with Crippen molar-refractivity contribution in [2.24, 2.45) is 0 Å². The van der Waals surface area contributed by atoms with Gasteiger partial charge in [0.05, 0.1) is 20.3 Å². The molecule has 24 heavy (non-hydrogen) atoms. The molecule has 1 aromatic rings. The molecule has 0 aliphatic rings. The quantitative estimate of drug-likeness (QED) is 0.570. The Morgan fingerprint density at radius 1 is 1.08 bits per heavy atom. The summed E-state index contributed by atoms with van der Waals surface area (Å²) in [5.41, 5.74) is 1.73. The summed E-state index contributed by atoms with van der Waals surface area (Å²) < 4.78 is 13.9. The molecule has 2 N–H and O–H groups in total. The van der Waals surface area contributed by atoms with Crippen LogP contribution in [0, 0.1) is 6.92 Å². The average molecular weight is 336 g/mol. The Labute approximate surface area is 139 Å². The van der Waals surface area contributed by atoms with Gasteiger partial charge in [-0.1, -0.05) is 6.07 Å². The Morgan fingerprint density at radius 2 is 1.79 bits per heavy atom.